The molecule has 0 N–H and O–H groups in total. The summed E-state index contributed by atoms with van der Waals surface area (Å²) in [7, 11) is -2.79. The highest BCUT2D eigenvalue weighted by molar-refractivity contribution is 7.93. The zero-order valence-corrected chi connectivity index (χ0v) is 18.7. The van der Waals surface area contributed by atoms with E-state index in [9.17, 15) is 13.8 Å². The topological polar surface area (TPSA) is 139 Å². The Morgan fingerprint density at radius 1 is 1.29 bits per heavy atom. The number of nitriles is 1. The molecule has 166 valence electrons. The molecule has 2 aromatic rings. The molecule has 3 heterocycles. The molecule has 0 radical (unpaired) electrons. The van der Waals surface area contributed by atoms with Crippen LogP contribution >= 0.6 is 0 Å². The number of aryl methyl sites for hydroxylation is 1. The minimum Gasteiger partial charge on any atom is -0.340 e. The Morgan fingerprint density at radius 3 is 2.71 bits per heavy atom. The molecule has 1 aliphatic rings. The summed E-state index contributed by atoms with van der Waals surface area (Å²) in [4.78, 5) is 30.7. The lowest BCUT2D eigenvalue weighted by Gasteiger charge is -2.19. The highest BCUT2D eigenvalue weighted by Crippen LogP contribution is 2.17. The number of aromatic nitrogens is 5. The maximum atomic E-state index is 13.3. The summed E-state index contributed by atoms with van der Waals surface area (Å²) < 4.78 is 20.3. The first-order valence-corrected chi connectivity index (χ1v) is 12.0. The van der Waals surface area contributed by atoms with Gasteiger partial charge in [0, 0.05) is 31.1 Å². The van der Waals surface area contributed by atoms with Gasteiger partial charge in [-0.1, -0.05) is 13.8 Å². The number of rotatable bonds is 5. The van der Waals surface area contributed by atoms with Gasteiger partial charge >= 0.3 is 5.91 Å². The Labute approximate surface area is 181 Å². The zero-order chi connectivity index (χ0) is 22.6. The van der Waals surface area contributed by atoms with Gasteiger partial charge in [-0.25, -0.2) is 13.9 Å². The lowest BCUT2D eigenvalue weighted by atomic mass is 10.1. The van der Waals surface area contributed by atoms with Crippen LogP contribution in [0.2, 0.25) is 0 Å². The van der Waals surface area contributed by atoms with Crippen molar-refractivity contribution in [3.8, 4) is 6.07 Å². The van der Waals surface area contributed by atoms with E-state index in [0.29, 0.717) is 25.2 Å². The van der Waals surface area contributed by atoms with Crippen molar-refractivity contribution in [2.75, 3.05) is 24.6 Å². The third kappa shape index (κ3) is 5.35. The average molecular weight is 447 g/mol. The molecule has 3 rings (SSSR count). The normalized spacial score (nSPS) is 19.1. The second-order valence-electron chi connectivity index (χ2n) is 7.61. The minimum atomic E-state index is -2.79. The number of amides is 2. The van der Waals surface area contributed by atoms with Gasteiger partial charge in [-0.2, -0.15) is 14.7 Å². The molecule has 2 amide bonds. The van der Waals surface area contributed by atoms with Crippen LogP contribution in [0, 0.1) is 11.3 Å². The van der Waals surface area contributed by atoms with Crippen LogP contribution in [0.4, 0.5) is 0 Å². The first kappa shape index (κ1) is 22.6. The Balaban J connectivity index is 1.71. The Kier molecular flexibility index (Phi) is 6.84. The van der Waals surface area contributed by atoms with Crippen molar-refractivity contribution in [1.82, 2.24) is 29.4 Å². The van der Waals surface area contributed by atoms with E-state index in [-0.39, 0.29) is 42.2 Å². The van der Waals surface area contributed by atoms with Crippen LogP contribution in [0.5, 0.6) is 0 Å². The Morgan fingerprint density at radius 2 is 2.06 bits per heavy atom. The molecule has 31 heavy (non-hydrogen) atoms. The van der Waals surface area contributed by atoms with Crippen molar-refractivity contribution in [1.29, 1.82) is 5.26 Å². The van der Waals surface area contributed by atoms with E-state index in [2.05, 4.69) is 19.5 Å². The molecule has 1 saturated heterocycles. The number of carbonyl (C=O) groups is 2. The Bertz CT molecular complexity index is 1130. The number of carbonyl (C=O) groups excluding carboxylic acids is 2. The molecule has 12 heteroatoms. The molecule has 0 aromatic carbocycles. The third-order valence-electron chi connectivity index (χ3n) is 5.02. The smallest absolute Gasteiger partial charge is 0.303 e. The van der Waals surface area contributed by atoms with Crippen molar-refractivity contribution >= 4 is 21.5 Å². The Hall–Kier alpha value is -3.07. The van der Waals surface area contributed by atoms with Gasteiger partial charge in [-0.3, -0.25) is 14.3 Å². The van der Waals surface area contributed by atoms with E-state index in [1.54, 1.807) is 15.6 Å². The summed E-state index contributed by atoms with van der Waals surface area (Å²) in [6, 6.07) is 3.52. The van der Waals surface area contributed by atoms with Crippen LogP contribution in [-0.4, -0.2) is 70.1 Å². The molecule has 0 bridgehead atoms. The zero-order valence-electron chi connectivity index (χ0n) is 17.9. The molecule has 1 fully saturated rings. The monoisotopic (exact) mass is 446 g/mol. The third-order valence-corrected chi connectivity index (χ3v) is 7.26. The summed E-state index contributed by atoms with van der Waals surface area (Å²) >= 11 is 0. The molecule has 1 aliphatic heterocycles. The molecular weight excluding hydrogens is 420 g/mol. The largest absolute Gasteiger partial charge is 0.340 e. The van der Waals surface area contributed by atoms with E-state index in [1.165, 1.54) is 11.0 Å². The predicted octanol–water partition coefficient (Wildman–Crippen LogP) is 1.03. The van der Waals surface area contributed by atoms with Crippen molar-refractivity contribution < 1.29 is 13.8 Å². The van der Waals surface area contributed by atoms with Crippen LogP contribution in [-0.2, 0) is 27.6 Å². The first-order valence-electron chi connectivity index (χ1n) is 10.2. The highest BCUT2D eigenvalue weighted by atomic mass is 32.2. The van der Waals surface area contributed by atoms with Crippen molar-refractivity contribution in [2.24, 2.45) is 4.36 Å². The number of nitrogens with zero attached hydrogens (tertiary/aromatic N) is 8. The summed E-state index contributed by atoms with van der Waals surface area (Å²) in [5.41, 5.74) is 1.13. The fourth-order valence-corrected chi connectivity index (χ4v) is 5.15. The molecule has 1 unspecified atom stereocenters. The fraction of sp³-hybridized carbons (Fsp3) is 0.579. The molecule has 2 aromatic heterocycles. The lowest BCUT2D eigenvalue weighted by Crippen LogP contribution is -2.36. The van der Waals surface area contributed by atoms with E-state index in [0.717, 1.165) is 5.69 Å². The van der Waals surface area contributed by atoms with Crippen LogP contribution in [0.15, 0.2) is 16.8 Å². The van der Waals surface area contributed by atoms with Gasteiger partial charge in [0.25, 0.3) is 5.82 Å². The van der Waals surface area contributed by atoms with Crippen molar-refractivity contribution in [2.45, 2.75) is 46.2 Å². The summed E-state index contributed by atoms with van der Waals surface area (Å²) in [5, 5.41) is 17.1. The predicted molar refractivity (Wildman–Crippen MR) is 113 cm³/mol. The van der Waals surface area contributed by atoms with Gasteiger partial charge in [0.15, 0.2) is 0 Å². The average Bonchev–Trinajstić information content (AvgIpc) is 3.32. The quantitative estimate of drug-likeness (QED) is 0.668. The summed E-state index contributed by atoms with van der Waals surface area (Å²) in [6.07, 6.45) is 1.81. The SMILES string of the molecule is CCn1nc(C(C)C)cc1C(=O)N=S1(=O)CCCN(C(=O)Cn2cnc(C#N)n2)CC1. The molecule has 1 atom stereocenters. The second-order valence-corrected chi connectivity index (χ2v) is 10.2. The highest BCUT2D eigenvalue weighted by Gasteiger charge is 2.24. The van der Waals surface area contributed by atoms with Gasteiger partial charge in [-0.05, 0) is 25.3 Å². The number of hydrogen-bond acceptors (Lipinski definition) is 7. The molecule has 0 saturated carbocycles. The molecule has 0 aliphatic carbocycles. The second kappa shape index (κ2) is 9.38. The summed E-state index contributed by atoms with van der Waals surface area (Å²) in [5.74, 6) is -0.201. The number of hydrogen-bond donors (Lipinski definition) is 0. The van der Waals surface area contributed by atoms with Gasteiger partial charge < -0.3 is 4.90 Å². The fourth-order valence-electron chi connectivity index (χ4n) is 3.28. The van der Waals surface area contributed by atoms with Crippen molar-refractivity contribution in [3.05, 3.63) is 29.6 Å². The minimum absolute atomic E-state index is 0.00376. The maximum absolute atomic E-state index is 13.3. The van der Waals surface area contributed by atoms with E-state index in [1.807, 2.05) is 26.8 Å². The molecule has 0 spiro atoms. The van der Waals surface area contributed by atoms with Gasteiger partial charge in [0.05, 0.1) is 15.4 Å². The molecule has 11 nitrogen and oxygen atoms in total. The lowest BCUT2D eigenvalue weighted by molar-refractivity contribution is -0.131. The van der Waals surface area contributed by atoms with Crippen LogP contribution in [0.25, 0.3) is 0 Å². The van der Waals surface area contributed by atoms with Crippen LogP contribution in [0.3, 0.4) is 0 Å². The molecular formula is C19H26N8O3S. The maximum Gasteiger partial charge on any atom is 0.303 e. The van der Waals surface area contributed by atoms with Crippen LogP contribution in [0.1, 0.15) is 55.1 Å². The van der Waals surface area contributed by atoms with Gasteiger partial charge in [0.2, 0.25) is 5.91 Å². The van der Waals surface area contributed by atoms with E-state index < -0.39 is 15.6 Å². The standard InChI is InChI=1S/C19H26N8O3S/c1-4-27-16(10-15(22-27)14(2)3)19(29)24-31(30)8-5-6-25(7-9-31)18(28)12-26-13-21-17(11-20)23-26/h10,13-14H,4-9,12H2,1-3H3. The first-order chi connectivity index (χ1) is 14.7. The van der Waals surface area contributed by atoms with Crippen LogP contribution < -0.4 is 0 Å². The van der Waals surface area contributed by atoms with Gasteiger partial charge in [-0.15, -0.1) is 5.10 Å². The van der Waals surface area contributed by atoms with E-state index >= 15 is 0 Å². The summed E-state index contributed by atoms with van der Waals surface area (Å²) in [6.45, 7) is 6.98. The van der Waals surface area contributed by atoms with Gasteiger partial charge in [0.1, 0.15) is 24.6 Å². The van der Waals surface area contributed by atoms with Crippen molar-refractivity contribution in [3.63, 3.8) is 0 Å². The van der Waals surface area contributed by atoms with E-state index in [4.69, 9.17) is 5.26 Å².